The molecule has 2 atom stereocenters. The summed E-state index contributed by atoms with van der Waals surface area (Å²) >= 11 is 0. The molecule has 0 unspecified atom stereocenters. The summed E-state index contributed by atoms with van der Waals surface area (Å²) in [7, 11) is 0. The summed E-state index contributed by atoms with van der Waals surface area (Å²) in [6.07, 6.45) is 9.58. The quantitative estimate of drug-likeness (QED) is 0.481. The Morgan fingerprint density at radius 1 is 0.933 bits per heavy atom. The van der Waals surface area contributed by atoms with Gasteiger partial charge >= 0.3 is 0 Å². The molecule has 80 valence electrons. The van der Waals surface area contributed by atoms with Crippen LogP contribution in [0.15, 0.2) is 12.2 Å². The monoisotopic (exact) mass is 205 g/mol. The molecule has 3 rings (SSSR count). The van der Waals surface area contributed by atoms with Gasteiger partial charge in [-0.1, -0.05) is 25.0 Å². The standard InChI is InChI=1S/C12H15NO2/c14-9-11-5-1-2-6-12(11,10(15)13-9)8-4-3-7-11/h1-2H,3-8H2,(H,13,14,15)/t11-,12-/m0/s1. The molecule has 3 nitrogen and oxygen atoms in total. The van der Waals surface area contributed by atoms with E-state index in [0.29, 0.717) is 0 Å². The molecule has 1 heterocycles. The van der Waals surface area contributed by atoms with Gasteiger partial charge in [-0.3, -0.25) is 14.9 Å². The van der Waals surface area contributed by atoms with Gasteiger partial charge in [-0.2, -0.15) is 0 Å². The van der Waals surface area contributed by atoms with E-state index in [9.17, 15) is 9.59 Å². The van der Waals surface area contributed by atoms with Crippen molar-refractivity contribution in [3.63, 3.8) is 0 Å². The molecule has 1 aliphatic heterocycles. The third-order valence-electron chi connectivity index (χ3n) is 4.57. The summed E-state index contributed by atoms with van der Waals surface area (Å²) in [6.45, 7) is 0. The number of rotatable bonds is 0. The first-order valence-corrected chi connectivity index (χ1v) is 5.72. The molecule has 1 saturated carbocycles. The summed E-state index contributed by atoms with van der Waals surface area (Å²) in [5, 5.41) is 2.56. The first kappa shape index (κ1) is 9.13. The predicted molar refractivity (Wildman–Crippen MR) is 54.9 cm³/mol. The van der Waals surface area contributed by atoms with Crippen molar-refractivity contribution in [2.24, 2.45) is 10.8 Å². The van der Waals surface area contributed by atoms with Crippen molar-refractivity contribution in [1.82, 2.24) is 5.32 Å². The van der Waals surface area contributed by atoms with Crippen molar-refractivity contribution in [2.45, 2.75) is 38.5 Å². The number of allylic oxidation sites excluding steroid dienone is 2. The molecule has 2 fully saturated rings. The van der Waals surface area contributed by atoms with Crippen LogP contribution >= 0.6 is 0 Å². The Labute approximate surface area is 88.9 Å². The molecule has 3 aliphatic rings. The van der Waals surface area contributed by atoms with Gasteiger partial charge in [0.15, 0.2) is 0 Å². The minimum Gasteiger partial charge on any atom is -0.295 e. The van der Waals surface area contributed by atoms with Gasteiger partial charge in [-0.15, -0.1) is 0 Å². The molecular formula is C12H15NO2. The minimum atomic E-state index is -0.392. The summed E-state index contributed by atoms with van der Waals surface area (Å²) in [4.78, 5) is 24.0. The lowest BCUT2D eigenvalue weighted by Gasteiger charge is -2.46. The molecule has 0 aromatic rings. The Kier molecular flexibility index (Phi) is 1.65. The fraction of sp³-hybridized carbons (Fsp3) is 0.667. The van der Waals surface area contributed by atoms with Crippen LogP contribution in [-0.4, -0.2) is 11.8 Å². The summed E-state index contributed by atoms with van der Waals surface area (Å²) in [5.74, 6) is -0.0342. The largest absolute Gasteiger partial charge is 0.295 e. The van der Waals surface area contributed by atoms with Gasteiger partial charge in [0, 0.05) is 0 Å². The van der Waals surface area contributed by atoms with Crippen LogP contribution in [0, 0.1) is 10.8 Å². The third-order valence-corrected chi connectivity index (χ3v) is 4.57. The maximum absolute atomic E-state index is 12.0. The molecule has 0 spiro atoms. The van der Waals surface area contributed by atoms with E-state index >= 15 is 0 Å². The van der Waals surface area contributed by atoms with Crippen LogP contribution in [-0.2, 0) is 9.59 Å². The highest BCUT2D eigenvalue weighted by molar-refractivity contribution is 6.10. The molecule has 0 radical (unpaired) electrons. The lowest BCUT2D eigenvalue weighted by atomic mass is 9.53. The second-order valence-corrected chi connectivity index (χ2v) is 5.03. The van der Waals surface area contributed by atoms with Crippen molar-refractivity contribution >= 4 is 11.8 Å². The third kappa shape index (κ3) is 0.869. The first-order chi connectivity index (χ1) is 7.21. The maximum atomic E-state index is 12.0. The van der Waals surface area contributed by atoms with Crippen LogP contribution in [0.5, 0.6) is 0 Å². The zero-order chi connectivity index (χ0) is 10.5. The van der Waals surface area contributed by atoms with Gasteiger partial charge in [0.1, 0.15) is 0 Å². The topological polar surface area (TPSA) is 46.2 Å². The number of amides is 2. The number of hydrogen-bond acceptors (Lipinski definition) is 2. The second kappa shape index (κ2) is 2.71. The van der Waals surface area contributed by atoms with Crippen LogP contribution in [0.1, 0.15) is 38.5 Å². The van der Waals surface area contributed by atoms with Gasteiger partial charge in [-0.25, -0.2) is 0 Å². The summed E-state index contributed by atoms with van der Waals surface area (Å²) < 4.78 is 0. The van der Waals surface area contributed by atoms with Crippen molar-refractivity contribution < 1.29 is 9.59 Å². The molecule has 3 heteroatoms. The van der Waals surface area contributed by atoms with E-state index in [1.165, 1.54) is 0 Å². The maximum Gasteiger partial charge on any atom is 0.234 e. The number of imide groups is 1. The Balaban J connectivity index is 2.17. The van der Waals surface area contributed by atoms with Gasteiger partial charge in [0.25, 0.3) is 0 Å². The molecule has 0 aromatic heterocycles. The van der Waals surface area contributed by atoms with Gasteiger partial charge in [-0.05, 0) is 25.7 Å². The Morgan fingerprint density at radius 2 is 1.40 bits per heavy atom. The van der Waals surface area contributed by atoms with Crippen LogP contribution in [0.25, 0.3) is 0 Å². The summed E-state index contributed by atoms with van der Waals surface area (Å²) in [5.41, 5.74) is -0.784. The van der Waals surface area contributed by atoms with E-state index < -0.39 is 10.8 Å². The normalized spacial score (nSPS) is 43.5. The van der Waals surface area contributed by atoms with Gasteiger partial charge in [0.2, 0.25) is 11.8 Å². The minimum absolute atomic E-state index is 0.0171. The molecule has 1 saturated heterocycles. The highest BCUT2D eigenvalue weighted by atomic mass is 16.2. The van der Waals surface area contributed by atoms with Gasteiger partial charge < -0.3 is 0 Å². The van der Waals surface area contributed by atoms with Crippen molar-refractivity contribution in [1.29, 1.82) is 0 Å². The highest BCUT2D eigenvalue weighted by Gasteiger charge is 2.65. The zero-order valence-corrected chi connectivity index (χ0v) is 8.71. The lowest BCUT2D eigenvalue weighted by Crippen LogP contribution is -2.48. The fourth-order valence-electron chi connectivity index (χ4n) is 3.69. The zero-order valence-electron chi connectivity index (χ0n) is 8.71. The Morgan fingerprint density at radius 3 is 1.87 bits per heavy atom. The van der Waals surface area contributed by atoms with E-state index in [0.717, 1.165) is 38.5 Å². The Hall–Kier alpha value is -1.12. The highest BCUT2D eigenvalue weighted by Crippen LogP contribution is 2.60. The van der Waals surface area contributed by atoms with Crippen LogP contribution in [0.2, 0.25) is 0 Å². The van der Waals surface area contributed by atoms with Crippen molar-refractivity contribution in [2.75, 3.05) is 0 Å². The molecule has 2 aliphatic carbocycles. The smallest absolute Gasteiger partial charge is 0.234 e. The molecule has 2 amide bonds. The number of carbonyl (C=O) groups is 2. The van der Waals surface area contributed by atoms with E-state index in [1.807, 2.05) is 0 Å². The SMILES string of the molecule is O=C1NC(=O)[C@@]23CC=CC[C@]12CCCC3. The predicted octanol–water partition coefficient (Wildman–Crippen LogP) is 1.54. The number of nitrogens with one attached hydrogen (secondary N) is 1. The molecule has 1 N–H and O–H groups in total. The van der Waals surface area contributed by atoms with Crippen molar-refractivity contribution in [3.8, 4) is 0 Å². The van der Waals surface area contributed by atoms with Crippen LogP contribution in [0.3, 0.4) is 0 Å². The fourth-order valence-corrected chi connectivity index (χ4v) is 3.69. The first-order valence-electron chi connectivity index (χ1n) is 5.72. The van der Waals surface area contributed by atoms with E-state index in [-0.39, 0.29) is 11.8 Å². The molecular weight excluding hydrogens is 190 g/mol. The second-order valence-electron chi connectivity index (χ2n) is 5.03. The molecule has 15 heavy (non-hydrogen) atoms. The van der Waals surface area contributed by atoms with Crippen LogP contribution in [0.4, 0.5) is 0 Å². The van der Waals surface area contributed by atoms with Crippen LogP contribution < -0.4 is 5.32 Å². The van der Waals surface area contributed by atoms with E-state index in [1.54, 1.807) is 0 Å². The summed E-state index contributed by atoms with van der Waals surface area (Å²) in [6, 6.07) is 0. The van der Waals surface area contributed by atoms with Crippen molar-refractivity contribution in [3.05, 3.63) is 12.2 Å². The van der Waals surface area contributed by atoms with E-state index in [4.69, 9.17) is 0 Å². The number of hydrogen-bond donors (Lipinski definition) is 1. The molecule has 0 bridgehead atoms. The average molecular weight is 205 g/mol. The van der Waals surface area contributed by atoms with E-state index in [2.05, 4.69) is 17.5 Å². The lowest BCUT2D eigenvalue weighted by molar-refractivity contribution is -0.139. The van der Waals surface area contributed by atoms with Gasteiger partial charge in [0.05, 0.1) is 10.8 Å². The Bertz CT molecular complexity index is 340. The number of carbonyl (C=O) groups excluding carboxylic acids is 2. The molecule has 0 aromatic carbocycles. The average Bonchev–Trinajstić information content (AvgIpc) is 2.50.